The Hall–Kier alpha value is -3.41. The molecule has 3 heterocycles. The summed E-state index contributed by atoms with van der Waals surface area (Å²) < 4.78 is 28.1. The minimum absolute atomic E-state index is 0.0463. The van der Waals surface area contributed by atoms with Gasteiger partial charge in [0.05, 0.1) is 5.92 Å². The van der Waals surface area contributed by atoms with E-state index in [9.17, 15) is 23.2 Å². The van der Waals surface area contributed by atoms with E-state index >= 15 is 0 Å². The van der Waals surface area contributed by atoms with Crippen LogP contribution < -0.4 is 21.1 Å². The first-order valence-corrected chi connectivity index (χ1v) is 11.8. The first-order valence-electron chi connectivity index (χ1n) is 11.0. The maximum atomic E-state index is 13.3. The zero-order valence-corrected chi connectivity index (χ0v) is 18.9. The Morgan fingerprint density at radius 1 is 1.15 bits per heavy atom. The summed E-state index contributed by atoms with van der Waals surface area (Å²) in [5.41, 5.74) is -0.206. The fourth-order valence-electron chi connectivity index (χ4n) is 3.98. The van der Waals surface area contributed by atoms with Crippen molar-refractivity contribution in [1.82, 2.24) is 19.9 Å². The predicted octanol–water partition coefficient (Wildman–Crippen LogP) is 2.26. The summed E-state index contributed by atoms with van der Waals surface area (Å²) in [5.74, 6) is -2.32. The standard InChI is InChI=1S/C22H22F2N6O3S/c23-13-6-14(24)8-16(7-13)26-17(31)10-30-11-25-19-18(21(30)33)34-22(28-19)29-5-1-2-12(9-29)20(32)27-15-3-4-15/h6-8,11-12,15H,1-5,9-10H2,(H,26,31)(H,27,32)/t12-/m0/s1. The quantitative estimate of drug-likeness (QED) is 0.551. The van der Waals surface area contributed by atoms with Crippen LogP contribution in [0.5, 0.6) is 0 Å². The van der Waals surface area contributed by atoms with Gasteiger partial charge in [0, 0.05) is 30.9 Å². The number of fused-ring (bicyclic) bond motifs is 1. The first-order chi connectivity index (χ1) is 16.4. The van der Waals surface area contributed by atoms with Gasteiger partial charge in [-0.05, 0) is 37.8 Å². The molecule has 2 N–H and O–H groups in total. The summed E-state index contributed by atoms with van der Waals surface area (Å²) in [6, 6.07) is 2.98. The largest absolute Gasteiger partial charge is 0.353 e. The molecule has 1 aliphatic carbocycles. The molecule has 2 aromatic heterocycles. The van der Waals surface area contributed by atoms with Crippen molar-refractivity contribution in [2.75, 3.05) is 23.3 Å². The second-order valence-corrected chi connectivity index (χ2v) is 9.58. The highest BCUT2D eigenvalue weighted by molar-refractivity contribution is 7.22. The molecule has 0 spiro atoms. The number of hydrogen-bond acceptors (Lipinski definition) is 7. The third-order valence-corrected chi connectivity index (χ3v) is 6.91. The van der Waals surface area contributed by atoms with E-state index in [-0.39, 0.29) is 29.7 Å². The highest BCUT2D eigenvalue weighted by Crippen LogP contribution is 2.30. The number of halogens is 2. The molecule has 2 amide bonds. The lowest BCUT2D eigenvalue weighted by Crippen LogP contribution is -2.43. The Morgan fingerprint density at radius 3 is 2.65 bits per heavy atom. The van der Waals surface area contributed by atoms with Crippen molar-refractivity contribution < 1.29 is 18.4 Å². The summed E-state index contributed by atoms with van der Waals surface area (Å²) in [5, 5.41) is 6.04. The predicted molar refractivity (Wildman–Crippen MR) is 123 cm³/mol. The van der Waals surface area contributed by atoms with Crippen molar-refractivity contribution in [2.24, 2.45) is 5.92 Å². The summed E-state index contributed by atoms with van der Waals surface area (Å²) in [7, 11) is 0. The Labute approximate surface area is 196 Å². The topological polar surface area (TPSA) is 109 Å². The first kappa shape index (κ1) is 22.4. The molecule has 12 heteroatoms. The van der Waals surface area contributed by atoms with Crippen LogP contribution in [0.4, 0.5) is 19.6 Å². The molecule has 0 unspecified atom stereocenters. The number of rotatable bonds is 6. The van der Waals surface area contributed by atoms with Gasteiger partial charge >= 0.3 is 0 Å². The van der Waals surface area contributed by atoms with Gasteiger partial charge in [-0.3, -0.25) is 19.0 Å². The SMILES string of the molecule is O=C(Cn1cnc2nc(N3CCC[C@H](C(=O)NC4CC4)C3)sc2c1=O)Nc1cc(F)cc(F)c1. The van der Waals surface area contributed by atoms with Gasteiger partial charge in [-0.25, -0.2) is 13.8 Å². The van der Waals surface area contributed by atoms with E-state index in [0.717, 1.165) is 48.9 Å². The maximum Gasteiger partial charge on any atom is 0.273 e. The van der Waals surface area contributed by atoms with Crippen LogP contribution >= 0.6 is 11.3 Å². The Kier molecular flexibility index (Phi) is 5.98. The number of hydrogen-bond donors (Lipinski definition) is 2. The second kappa shape index (κ2) is 9.09. The van der Waals surface area contributed by atoms with Crippen LogP contribution in [0.3, 0.4) is 0 Å². The molecule has 2 aliphatic rings. The lowest BCUT2D eigenvalue weighted by atomic mass is 9.97. The van der Waals surface area contributed by atoms with Gasteiger partial charge in [0.2, 0.25) is 11.8 Å². The fraction of sp³-hybridized carbons (Fsp3) is 0.409. The Balaban J connectivity index is 1.30. The van der Waals surface area contributed by atoms with Crippen molar-refractivity contribution in [3.63, 3.8) is 0 Å². The van der Waals surface area contributed by atoms with Crippen molar-refractivity contribution >= 4 is 44.3 Å². The molecule has 34 heavy (non-hydrogen) atoms. The number of anilines is 2. The van der Waals surface area contributed by atoms with Crippen molar-refractivity contribution in [1.29, 1.82) is 0 Å². The lowest BCUT2D eigenvalue weighted by molar-refractivity contribution is -0.125. The van der Waals surface area contributed by atoms with Crippen molar-refractivity contribution in [2.45, 2.75) is 38.3 Å². The molecular formula is C22H22F2N6O3S. The van der Waals surface area contributed by atoms with Gasteiger partial charge in [0.1, 0.15) is 29.2 Å². The average Bonchev–Trinajstić information content (AvgIpc) is 3.49. The highest BCUT2D eigenvalue weighted by Gasteiger charge is 2.31. The molecule has 1 saturated heterocycles. The zero-order chi connectivity index (χ0) is 23.8. The highest BCUT2D eigenvalue weighted by atomic mass is 32.1. The van der Waals surface area contributed by atoms with Crippen LogP contribution in [-0.2, 0) is 16.1 Å². The van der Waals surface area contributed by atoms with Gasteiger partial charge in [0.25, 0.3) is 5.56 Å². The number of nitrogens with one attached hydrogen (secondary N) is 2. The Morgan fingerprint density at radius 2 is 1.91 bits per heavy atom. The molecular weight excluding hydrogens is 466 g/mol. The number of nitrogens with zero attached hydrogens (tertiary/aromatic N) is 4. The van der Waals surface area contributed by atoms with Gasteiger partial charge < -0.3 is 15.5 Å². The molecule has 178 valence electrons. The van der Waals surface area contributed by atoms with E-state index in [0.29, 0.717) is 28.5 Å². The molecule has 0 radical (unpaired) electrons. The van der Waals surface area contributed by atoms with Crippen molar-refractivity contribution in [3.8, 4) is 0 Å². The van der Waals surface area contributed by atoms with Gasteiger partial charge in [-0.1, -0.05) is 11.3 Å². The van der Waals surface area contributed by atoms with Crippen LogP contribution in [0.25, 0.3) is 10.3 Å². The number of carbonyl (C=O) groups excluding carboxylic acids is 2. The van der Waals surface area contributed by atoms with Crippen LogP contribution in [-0.4, -0.2) is 45.5 Å². The molecule has 0 bridgehead atoms. The molecule has 5 rings (SSSR count). The molecule has 1 atom stereocenters. The molecule has 1 saturated carbocycles. The maximum absolute atomic E-state index is 13.3. The smallest absolute Gasteiger partial charge is 0.273 e. The van der Waals surface area contributed by atoms with E-state index in [2.05, 4.69) is 20.6 Å². The van der Waals surface area contributed by atoms with Crippen LogP contribution in [0, 0.1) is 17.6 Å². The van der Waals surface area contributed by atoms with E-state index in [1.807, 2.05) is 4.90 Å². The summed E-state index contributed by atoms with van der Waals surface area (Å²) in [4.78, 5) is 48.4. The summed E-state index contributed by atoms with van der Waals surface area (Å²) in [6.45, 7) is 0.882. The molecule has 2 fully saturated rings. The summed E-state index contributed by atoms with van der Waals surface area (Å²) in [6.07, 6.45) is 4.96. The van der Waals surface area contributed by atoms with E-state index < -0.39 is 23.1 Å². The average molecular weight is 489 g/mol. The lowest BCUT2D eigenvalue weighted by Gasteiger charge is -2.31. The van der Waals surface area contributed by atoms with Crippen LogP contribution in [0.2, 0.25) is 0 Å². The molecule has 1 aliphatic heterocycles. The Bertz CT molecular complexity index is 1300. The monoisotopic (exact) mass is 488 g/mol. The van der Waals surface area contributed by atoms with E-state index in [1.165, 1.54) is 17.7 Å². The van der Waals surface area contributed by atoms with E-state index in [4.69, 9.17) is 0 Å². The summed E-state index contributed by atoms with van der Waals surface area (Å²) >= 11 is 1.18. The minimum atomic E-state index is -0.822. The van der Waals surface area contributed by atoms with Gasteiger partial charge in [0.15, 0.2) is 10.8 Å². The normalized spacial score (nSPS) is 18.2. The van der Waals surface area contributed by atoms with Crippen LogP contribution in [0.1, 0.15) is 25.7 Å². The molecule has 9 nitrogen and oxygen atoms in total. The van der Waals surface area contributed by atoms with E-state index in [1.54, 1.807) is 0 Å². The molecule has 3 aromatic rings. The number of benzene rings is 1. The number of thiazole rings is 1. The number of amides is 2. The van der Waals surface area contributed by atoms with Gasteiger partial charge in [-0.2, -0.15) is 4.98 Å². The number of piperidine rings is 1. The van der Waals surface area contributed by atoms with Gasteiger partial charge in [-0.15, -0.1) is 0 Å². The molecule has 1 aromatic carbocycles. The zero-order valence-electron chi connectivity index (χ0n) is 18.1. The van der Waals surface area contributed by atoms with Crippen LogP contribution in [0.15, 0.2) is 29.3 Å². The minimum Gasteiger partial charge on any atom is -0.353 e. The second-order valence-electron chi connectivity index (χ2n) is 8.60. The fourth-order valence-corrected chi connectivity index (χ4v) is 4.98. The number of carbonyl (C=O) groups is 2. The third-order valence-electron chi connectivity index (χ3n) is 5.82. The van der Waals surface area contributed by atoms with Crippen molar-refractivity contribution in [3.05, 3.63) is 46.5 Å². The number of aromatic nitrogens is 3. The third kappa shape index (κ3) is 4.91.